The molecule has 0 aliphatic carbocycles. The van der Waals surface area contributed by atoms with Crippen LogP contribution >= 0.6 is 0 Å². The quantitative estimate of drug-likeness (QED) is 0.572. The Kier molecular flexibility index (Phi) is 4.77. The molecule has 4 rings (SSSR count). The van der Waals surface area contributed by atoms with Crippen LogP contribution < -0.4 is 10.9 Å². The maximum absolute atomic E-state index is 12.9. The first kappa shape index (κ1) is 17.7. The van der Waals surface area contributed by atoms with E-state index in [1.54, 1.807) is 22.9 Å². The van der Waals surface area contributed by atoms with Crippen LogP contribution in [-0.4, -0.2) is 10.5 Å². The summed E-state index contributed by atoms with van der Waals surface area (Å²) >= 11 is 0. The van der Waals surface area contributed by atoms with Crippen LogP contribution in [-0.2, 0) is 6.54 Å². The number of carbonyl (C=O) groups is 1. The Labute approximate surface area is 163 Å². The summed E-state index contributed by atoms with van der Waals surface area (Å²) in [5.74, 6) is -0.402. The maximum Gasteiger partial charge on any atom is 0.263 e. The van der Waals surface area contributed by atoms with E-state index in [2.05, 4.69) is 5.32 Å². The molecule has 0 aliphatic heterocycles. The van der Waals surface area contributed by atoms with E-state index in [9.17, 15) is 9.59 Å². The molecule has 138 valence electrons. The first-order valence-corrected chi connectivity index (χ1v) is 9.16. The average Bonchev–Trinajstić information content (AvgIpc) is 2.71. The van der Waals surface area contributed by atoms with E-state index in [1.807, 2.05) is 73.7 Å². The molecule has 0 unspecified atom stereocenters. The van der Waals surface area contributed by atoms with E-state index in [4.69, 9.17) is 0 Å². The standard InChI is InChI=1S/C24H20N2O2/c1-17-8-2-3-10-19(17)16-26-15-7-13-21(24(26)28)23(27)25-22-14-6-11-18-9-4-5-12-20(18)22/h2-15H,16H2,1H3,(H,25,27). The number of anilines is 1. The Morgan fingerprint density at radius 3 is 2.50 bits per heavy atom. The van der Waals surface area contributed by atoms with E-state index in [0.717, 1.165) is 21.9 Å². The number of aromatic nitrogens is 1. The van der Waals surface area contributed by atoms with E-state index >= 15 is 0 Å². The molecule has 0 atom stereocenters. The Hall–Kier alpha value is -3.66. The third kappa shape index (κ3) is 3.45. The average molecular weight is 368 g/mol. The number of fused-ring (bicyclic) bond motifs is 1. The third-order valence-electron chi connectivity index (χ3n) is 4.90. The van der Waals surface area contributed by atoms with Gasteiger partial charge in [-0.15, -0.1) is 0 Å². The predicted octanol–water partition coefficient (Wildman–Crippen LogP) is 4.61. The predicted molar refractivity (Wildman–Crippen MR) is 113 cm³/mol. The van der Waals surface area contributed by atoms with Gasteiger partial charge in [-0.25, -0.2) is 0 Å². The molecule has 0 bridgehead atoms. The van der Waals surface area contributed by atoms with E-state index in [-0.39, 0.29) is 11.1 Å². The van der Waals surface area contributed by atoms with Crippen molar-refractivity contribution < 1.29 is 4.79 Å². The highest BCUT2D eigenvalue weighted by molar-refractivity contribution is 6.08. The number of aryl methyl sites for hydroxylation is 1. The lowest BCUT2D eigenvalue weighted by molar-refractivity contribution is 0.102. The van der Waals surface area contributed by atoms with Gasteiger partial charge in [0, 0.05) is 17.3 Å². The maximum atomic E-state index is 12.9. The fraction of sp³-hybridized carbons (Fsp3) is 0.0833. The first-order chi connectivity index (χ1) is 13.6. The van der Waals surface area contributed by atoms with Crippen LogP contribution in [0.4, 0.5) is 5.69 Å². The van der Waals surface area contributed by atoms with Gasteiger partial charge < -0.3 is 9.88 Å². The molecule has 1 amide bonds. The summed E-state index contributed by atoms with van der Waals surface area (Å²) in [7, 11) is 0. The molecule has 4 heteroatoms. The lowest BCUT2D eigenvalue weighted by Gasteiger charge is -2.11. The molecule has 1 heterocycles. The lowest BCUT2D eigenvalue weighted by Crippen LogP contribution is -2.29. The lowest BCUT2D eigenvalue weighted by atomic mass is 10.1. The van der Waals surface area contributed by atoms with Gasteiger partial charge in [0.2, 0.25) is 0 Å². The van der Waals surface area contributed by atoms with Crippen molar-refractivity contribution in [3.63, 3.8) is 0 Å². The molecule has 0 saturated heterocycles. The van der Waals surface area contributed by atoms with E-state index in [1.165, 1.54) is 0 Å². The second-order valence-corrected chi connectivity index (χ2v) is 6.76. The van der Waals surface area contributed by atoms with Crippen LogP contribution in [0.2, 0.25) is 0 Å². The topological polar surface area (TPSA) is 51.1 Å². The van der Waals surface area contributed by atoms with E-state index < -0.39 is 5.91 Å². The van der Waals surface area contributed by atoms with Gasteiger partial charge >= 0.3 is 0 Å². The number of nitrogens with zero attached hydrogens (tertiary/aromatic N) is 1. The van der Waals surface area contributed by atoms with Crippen molar-refractivity contribution in [2.45, 2.75) is 13.5 Å². The van der Waals surface area contributed by atoms with Gasteiger partial charge in [-0.3, -0.25) is 9.59 Å². The molecule has 0 fully saturated rings. The second kappa shape index (κ2) is 7.53. The summed E-state index contributed by atoms with van der Waals surface area (Å²) in [5.41, 5.74) is 2.68. The summed E-state index contributed by atoms with van der Waals surface area (Å²) < 4.78 is 1.57. The van der Waals surface area contributed by atoms with Gasteiger partial charge in [0.05, 0.1) is 6.54 Å². The summed E-state index contributed by atoms with van der Waals surface area (Å²) in [4.78, 5) is 25.7. The fourth-order valence-corrected chi connectivity index (χ4v) is 3.33. The summed E-state index contributed by atoms with van der Waals surface area (Å²) in [5, 5.41) is 4.86. The van der Waals surface area contributed by atoms with Gasteiger partial charge in [0.15, 0.2) is 0 Å². The Morgan fingerprint density at radius 1 is 0.893 bits per heavy atom. The van der Waals surface area contributed by atoms with Gasteiger partial charge in [0.1, 0.15) is 5.56 Å². The highest BCUT2D eigenvalue weighted by Crippen LogP contribution is 2.23. The van der Waals surface area contributed by atoms with Crippen molar-refractivity contribution in [3.05, 3.63) is 112 Å². The van der Waals surface area contributed by atoms with Crippen molar-refractivity contribution in [1.82, 2.24) is 4.57 Å². The summed E-state index contributed by atoms with van der Waals surface area (Å²) in [6, 6.07) is 24.8. The molecule has 4 aromatic rings. The molecule has 1 N–H and O–H groups in total. The minimum Gasteiger partial charge on any atom is -0.321 e. The number of amides is 1. The fourth-order valence-electron chi connectivity index (χ4n) is 3.33. The Bertz CT molecular complexity index is 1220. The van der Waals surface area contributed by atoms with Crippen molar-refractivity contribution in [2.24, 2.45) is 0 Å². The van der Waals surface area contributed by atoms with Gasteiger partial charge in [-0.05, 0) is 41.6 Å². The number of carbonyl (C=O) groups excluding carboxylic acids is 1. The molecule has 0 radical (unpaired) electrons. The highest BCUT2D eigenvalue weighted by Gasteiger charge is 2.14. The van der Waals surface area contributed by atoms with Crippen LogP contribution in [0.1, 0.15) is 21.5 Å². The number of hydrogen-bond acceptors (Lipinski definition) is 2. The van der Waals surface area contributed by atoms with Crippen LogP contribution in [0.5, 0.6) is 0 Å². The highest BCUT2D eigenvalue weighted by atomic mass is 16.2. The number of nitrogens with one attached hydrogen (secondary N) is 1. The molecule has 0 aliphatic rings. The molecule has 0 saturated carbocycles. The molecule has 3 aromatic carbocycles. The zero-order valence-electron chi connectivity index (χ0n) is 15.6. The molecular formula is C24H20N2O2. The smallest absolute Gasteiger partial charge is 0.263 e. The Balaban J connectivity index is 1.65. The normalized spacial score (nSPS) is 10.8. The van der Waals surface area contributed by atoms with Crippen molar-refractivity contribution in [1.29, 1.82) is 0 Å². The van der Waals surface area contributed by atoms with Crippen molar-refractivity contribution in [2.75, 3.05) is 5.32 Å². The largest absolute Gasteiger partial charge is 0.321 e. The SMILES string of the molecule is Cc1ccccc1Cn1cccc(C(=O)Nc2cccc3ccccc23)c1=O. The minimum atomic E-state index is -0.402. The number of hydrogen-bond donors (Lipinski definition) is 1. The first-order valence-electron chi connectivity index (χ1n) is 9.16. The summed E-state index contributed by atoms with van der Waals surface area (Å²) in [6.07, 6.45) is 1.71. The van der Waals surface area contributed by atoms with Gasteiger partial charge in [-0.2, -0.15) is 0 Å². The molecule has 28 heavy (non-hydrogen) atoms. The van der Waals surface area contributed by atoms with Gasteiger partial charge in [-0.1, -0.05) is 60.7 Å². The molecule has 4 nitrogen and oxygen atoms in total. The molecular weight excluding hydrogens is 348 g/mol. The van der Waals surface area contributed by atoms with E-state index in [0.29, 0.717) is 12.2 Å². The van der Waals surface area contributed by atoms with Crippen LogP contribution in [0.3, 0.4) is 0 Å². The number of rotatable bonds is 4. The molecule has 0 spiro atoms. The number of pyridine rings is 1. The zero-order valence-corrected chi connectivity index (χ0v) is 15.6. The summed E-state index contributed by atoms with van der Waals surface area (Å²) in [6.45, 7) is 2.44. The van der Waals surface area contributed by atoms with Crippen LogP contribution in [0, 0.1) is 6.92 Å². The second-order valence-electron chi connectivity index (χ2n) is 6.76. The minimum absolute atomic E-state index is 0.129. The van der Waals surface area contributed by atoms with Crippen LogP contribution in [0.25, 0.3) is 10.8 Å². The molecule has 1 aromatic heterocycles. The monoisotopic (exact) mass is 368 g/mol. The number of benzene rings is 3. The van der Waals surface area contributed by atoms with Crippen LogP contribution in [0.15, 0.2) is 89.9 Å². The zero-order chi connectivity index (χ0) is 19.5. The van der Waals surface area contributed by atoms with Gasteiger partial charge in [0.25, 0.3) is 11.5 Å². The Morgan fingerprint density at radius 2 is 1.64 bits per heavy atom. The third-order valence-corrected chi connectivity index (χ3v) is 4.90. The van der Waals surface area contributed by atoms with Crippen molar-refractivity contribution >= 4 is 22.4 Å². The van der Waals surface area contributed by atoms with Crippen molar-refractivity contribution in [3.8, 4) is 0 Å².